The van der Waals surface area contributed by atoms with Gasteiger partial charge in [0.1, 0.15) is 5.69 Å². The van der Waals surface area contributed by atoms with E-state index in [9.17, 15) is 0 Å². The summed E-state index contributed by atoms with van der Waals surface area (Å²) in [7, 11) is 2.18. The van der Waals surface area contributed by atoms with Crippen molar-refractivity contribution >= 4 is 0 Å². The van der Waals surface area contributed by atoms with Crippen molar-refractivity contribution in [3.05, 3.63) is 42.4 Å². The SMILES string of the molecule is CN1CCC(c2ccc(-c3ncccn3)nc2)CC1. The fourth-order valence-corrected chi connectivity index (χ4v) is 2.55. The molecule has 0 atom stereocenters. The topological polar surface area (TPSA) is 41.9 Å². The van der Waals surface area contributed by atoms with Gasteiger partial charge in [-0.3, -0.25) is 4.98 Å². The fraction of sp³-hybridized carbons (Fsp3) is 0.400. The highest BCUT2D eigenvalue weighted by Gasteiger charge is 2.18. The molecule has 19 heavy (non-hydrogen) atoms. The van der Waals surface area contributed by atoms with E-state index < -0.39 is 0 Å². The number of hydrogen-bond donors (Lipinski definition) is 0. The second-order valence-corrected chi connectivity index (χ2v) is 5.13. The molecule has 98 valence electrons. The molecule has 2 aromatic rings. The molecule has 0 aromatic carbocycles. The summed E-state index contributed by atoms with van der Waals surface area (Å²) in [6, 6.07) is 6.02. The minimum absolute atomic E-state index is 0.648. The highest BCUT2D eigenvalue weighted by atomic mass is 15.1. The molecule has 0 spiro atoms. The average Bonchev–Trinajstić information content (AvgIpc) is 2.49. The molecule has 0 radical (unpaired) electrons. The van der Waals surface area contributed by atoms with Crippen LogP contribution in [0.15, 0.2) is 36.8 Å². The van der Waals surface area contributed by atoms with Crippen LogP contribution >= 0.6 is 0 Å². The number of aromatic nitrogens is 3. The van der Waals surface area contributed by atoms with E-state index in [4.69, 9.17) is 0 Å². The molecular formula is C15H18N4. The van der Waals surface area contributed by atoms with E-state index in [2.05, 4.69) is 33.0 Å². The first-order valence-electron chi connectivity index (χ1n) is 6.75. The molecule has 1 aliphatic rings. The first-order valence-corrected chi connectivity index (χ1v) is 6.75. The maximum atomic E-state index is 4.50. The van der Waals surface area contributed by atoms with Gasteiger partial charge in [-0.05, 0) is 56.6 Å². The lowest BCUT2D eigenvalue weighted by atomic mass is 9.90. The van der Waals surface area contributed by atoms with Crippen molar-refractivity contribution in [2.24, 2.45) is 0 Å². The Balaban J connectivity index is 1.76. The van der Waals surface area contributed by atoms with E-state index in [1.165, 1.54) is 31.5 Å². The number of nitrogens with zero attached hydrogens (tertiary/aromatic N) is 4. The van der Waals surface area contributed by atoms with Gasteiger partial charge in [0.15, 0.2) is 5.82 Å². The van der Waals surface area contributed by atoms with Gasteiger partial charge in [-0.15, -0.1) is 0 Å². The third-order valence-electron chi connectivity index (χ3n) is 3.77. The molecule has 0 aliphatic carbocycles. The summed E-state index contributed by atoms with van der Waals surface area (Å²) in [4.78, 5) is 15.3. The third kappa shape index (κ3) is 2.79. The summed E-state index contributed by atoms with van der Waals surface area (Å²) in [5.74, 6) is 1.34. The van der Waals surface area contributed by atoms with Crippen LogP contribution in [0.3, 0.4) is 0 Å². The summed E-state index contributed by atoms with van der Waals surface area (Å²) in [6.07, 6.45) is 7.92. The molecule has 0 bridgehead atoms. The van der Waals surface area contributed by atoms with Crippen LogP contribution in [0, 0.1) is 0 Å². The summed E-state index contributed by atoms with van der Waals surface area (Å²) in [5.41, 5.74) is 2.19. The first-order chi connectivity index (χ1) is 9.33. The van der Waals surface area contributed by atoms with E-state index in [0.717, 1.165) is 5.69 Å². The number of rotatable bonds is 2. The van der Waals surface area contributed by atoms with Crippen molar-refractivity contribution in [3.63, 3.8) is 0 Å². The Morgan fingerprint density at radius 2 is 1.79 bits per heavy atom. The second-order valence-electron chi connectivity index (χ2n) is 5.13. The molecule has 0 saturated carbocycles. The number of piperidine rings is 1. The van der Waals surface area contributed by atoms with Crippen molar-refractivity contribution in [2.75, 3.05) is 20.1 Å². The minimum Gasteiger partial charge on any atom is -0.306 e. The fourth-order valence-electron chi connectivity index (χ4n) is 2.55. The Morgan fingerprint density at radius 3 is 2.42 bits per heavy atom. The molecule has 1 saturated heterocycles. The zero-order valence-corrected chi connectivity index (χ0v) is 11.2. The molecule has 3 rings (SSSR count). The van der Waals surface area contributed by atoms with Crippen LogP contribution in [0.1, 0.15) is 24.3 Å². The Bertz CT molecular complexity index is 516. The lowest BCUT2D eigenvalue weighted by Gasteiger charge is -2.28. The average molecular weight is 254 g/mol. The normalized spacial score (nSPS) is 17.5. The van der Waals surface area contributed by atoms with Crippen molar-refractivity contribution in [1.29, 1.82) is 0 Å². The Morgan fingerprint density at radius 1 is 1.05 bits per heavy atom. The smallest absolute Gasteiger partial charge is 0.178 e. The van der Waals surface area contributed by atoms with Gasteiger partial charge < -0.3 is 4.90 Å². The van der Waals surface area contributed by atoms with E-state index in [1.807, 2.05) is 18.3 Å². The molecule has 3 heterocycles. The van der Waals surface area contributed by atoms with E-state index in [1.54, 1.807) is 12.4 Å². The summed E-state index contributed by atoms with van der Waals surface area (Å²) < 4.78 is 0. The molecule has 4 heteroatoms. The van der Waals surface area contributed by atoms with Crippen LogP contribution in [0.25, 0.3) is 11.5 Å². The summed E-state index contributed by atoms with van der Waals surface area (Å²) >= 11 is 0. The van der Waals surface area contributed by atoms with Crippen LogP contribution in [0.2, 0.25) is 0 Å². The maximum Gasteiger partial charge on any atom is 0.178 e. The number of pyridine rings is 1. The number of hydrogen-bond acceptors (Lipinski definition) is 4. The summed E-state index contributed by atoms with van der Waals surface area (Å²) in [6.45, 7) is 2.35. The molecule has 4 nitrogen and oxygen atoms in total. The van der Waals surface area contributed by atoms with Gasteiger partial charge in [-0.25, -0.2) is 9.97 Å². The van der Waals surface area contributed by atoms with Gasteiger partial charge in [-0.2, -0.15) is 0 Å². The molecule has 1 fully saturated rings. The van der Waals surface area contributed by atoms with E-state index in [0.29, 0.717) is 11.7 Å². The van der Waals surface area contributed by atoms with Crippen LogP contribution < -0.4 is 0 Å². The zero-order valence-electron chi connectivity index (χ0n) is 11.2. The van der Waals surface area contributed by atoms with Crippen LogP contribution in [0.4, 0.5) is 0 Å². The Hall–Kier alpha value is -1.81. The molecule has 0 N–H and O–H groups in total. The summed E-state index contributed by atoms with van der Waals surface area (Å²) in [5, 5.41) is 0. The molecule has 0 amide bonds. The van der Waals surface area contributed by atoms with Crippen molar-refractivity contribution in [3.8, 4) is 11.5 Å². The van der Waals surface area contributed by atoms with E-state index in [-0.39, 0.29) is 0 Å². The predicted molar refractivity (Wildman–Crippen MR) is 74.7 cm³/mol. The third-order valence-corrected chi connectivity index (χ3v) is 3.77. The van der Waals surface area contributed by atoms with Gasteiger partial charge in [-0.1, -0.05) is 6.07 Å². The molecular weight excluding hydrogens is 236 g/mol. The molecule has 1 aliphatic heterocycles. The second kappa shape index (κ2) is 5.45. The van der Waals surface area contributed by atoms with Gasteiger partial charge >= 0.3 is 0 Å². The van der Waals surface area contributed by atoms with Crippen molar-refractivity contribution in [1.82, 2.24) is 19.9 Å². The van der Waals surface area contributed by atoms with E-state index >= 15 is 0 Å². The minimum atomic E-state index is 0.648. The molecule has 2 aromatic heterocycles. The van der Waals surface area contributed by atoms with Crippen LogP contribution in [-0.4, -0.2) is 40.0 Å². The predicted octanol–water partition coefficient (Wildman–Crippen LogP) is 2.35. The van der Waals surface area contributed by atoms with Crippen LogP contribution in [0.5, 0.6) is 0 Å². The monoisotopic (exact) mass is 254 g/mol. The highest BCUT2D eigenvalue weighted by molar-refractivity contribution is 5.48. The van der Waals surface area contributed by atoms with Gasteiger partial charge in [0, 0.05) is 18.6 Å². The molecule has 0 unspecified atom stereocenters. The standard InChI is InChI=1S/C15H18N4/c1-19-9-5-12(6-10-19)13-3-4-14(18-11-13)15-16-7-2-8-17-15/h2-4,7-8,11-12H,5-6,9-10H2,1H3. The van der Waals surface area contributed by atoms with Gasteiger partial charge in [0.05, 0.1) is 0 Å². The zero-order chi connectivity index (χ0) is 13.1. The number of likely N-dealkylation sites (tertiary alicyclic amines) is 1. The highest BCUT2D eigenvalue weighted by Crippen LogP contribution is 2.27. The Kier molecular flexibility index (Phi) is 3.51. The van der Waals surface area contributed by atoms with Crippen molar-refractivity contribution in [2.45, 2.75) is 18.8 Å². The lowest BCUT2D eigenvalue weighted by molar-refractivity contribution is 0.255. The van der Waals surface area contributed by atoms with Crippen molar-refractivity contribution < 1.29 is 0 Å². The Labute approximate surface area is 113 Å². The van der Waals surface area contributed by atoms with Crippen LogP contribution in [-0.2, 0) is 0 Å². The largest absolute Gasteiger partial charge is 0.306 e. The van der Waals surface area contributed by atoms with Gasteiger partial charge in [0.2, 0.25) is 0 Å². The first kappa shape index (κ1) is 12.2. The van der Waals surface area contributed by atoms with Gasteiger partial charge in [0.25, 0.3) is 0 Å². The lowest BCUT2D eigenvalue weighted by Crippen LogP contribution is -2.29. The quantitative estimate of drug-likeness (QED) is 0.825. The maximum absolute atomic E-state index is 4.50.